The molecule has 2 unspecified atom stereocenters. The highest BCUT2D eigenvalue weighted by Crippen LogP contribution is 2.40. The molecule has 6 rings (SSSR count). The van der Waals surface area contributed by atoms with E-state index >= 15 is 0 Å². The van der Waals surface area contributed by atoms with Crippen molar-refractivity contribution in [1.29, 1.82) is 0 Å². The van der Waals surface area contributed by atoms with Gasteiger partial charge in [0.15, 0.2) is 5.82 Å². The molecule has 0 saturated carbocycles. The lowest BCUT2D eigenvalue weighted by molar-refractivity contribution is -0.0985. The molecule has 2 fully saturated rings. The number of fused-ring (bicyclic) bond motifs is 1. The van der Waals surface area contributed by atoms with Crippen LogP contribution in [0.3, 0.4) is 0 Å². The zero-order valence-corrected chi connectivity index (χ0v) is 19.7. The minimum absolute atomic E-state index is 0.225. The van der Waals surface area contributed by atoms with Crippen molar-refractivity contribution >= 4 is 34.6 Å². The maximum Gasteiger partial charge on any atom is 0.227 e. The number of pyridine rings is 1. The number of nitrogens with zero attached hydrogens (tertiary/aromatic N) is 6. The summed E-state index contributed by atoms with van der Waals surface area (Å²) in [6.45, 7) is 5.78. The van der Waals surface area contributed by atoms with E-state index in [1.54, 1.807) is 7.11 Å². The molecule has 3 aliphatic heterocycles. The minimum Gasteiger partial charge on any atom is -0.495 e. The van der Waals surface area contributed by atoms with Crippen LogP contribution in [0.1, 0.15) is 24.8 Å². The van der Waals surface area contributed by atoms with Crippen LogP contribution in [-0.4, -0.2) is 72.7 Å². The Morgan fingerprint density at radius 1 is 1.21 bits per heavy atom. The van der Waals surface area contributed by atoms with Crippen molar-refractivity contribution < 1.29 is 9.47 Å². The van der Waals surface area contributed by atoms with Gasteiger partial charge in [0.25, 0.3) is 0 Å². The number of benzene rings is 1. The van der Waals surface area contributed by atoms with Gasteiger partial charge in [-0.1, -0.05) is 6.07 Å². The lowest BCUT2D eigenvalue weighted by Gasteiger charge is -2.37. The number of hydrazone groups is 1. The summed E-state index contributed by atoms with van der Waals surface area (Å²) in [5, 5.41) is 10.7. The van der Waals surface area contributed by atoms with Crippen molar-refractivity contribution in [3.05, 3.63) is 42.2 Å². The second kappa shape index (κ2) is 8.09. The summed E-state index contributed by atoms with van der Waals surface area (Å²) in [4.78, 5) is 16.4. The molecule has 0 amide bonds. The molecule has 5 heterocycles. The molecule has 9 heteroatoms. The summed E-state index contributed by atoms with van der Waals surface area (Å²) in [7, 11) is 3.68. The third kappa shape index (κ3) is 3.51. The summed E-state index contributed by atoms with van der Waals surface area (Å²) >= 11 is 0. The Morgan fingerprint density at radius 2 is 2.09 bits per heavy atom. The average Bonchev–Trinajstić information content (AvgIpc) is 3.43. The number of anilines is 3. The van der Waals surface area contributed by atoms with Crippen molar-refractivity contribution in [3.8, 4) is 5.75 Å². The highest BCUT2D eigenvalue weighted by atomic mass is 16.5. The summed E-state index contributed by atoms with van der Waals surface area (Å²) in [5.74, 6) is 2.40. The van der Waals surface area contributed by atoms with Gasteiger partial charge in [0.2, 0.25) is 5.95 Å². The van der Waals surface area contributed by atoms with Crippen LogP contribution in [0.5, 0.6) is 5.75 Å². The Balaban J connectivity index is 1.29. The van der Waals surface area contributed by atoms with Gasteiger partial charge in [0, 0.05) is 55.5 Å². The Hall–Kier alpha value is -3.46. The van der Waals surface area contributed by atoms with Crippen LogP contribution in [0.25, 0.3) is 10.9 Å². The molecule has 2 aromatic heterocycles. The van der Waals surface area contributed by atoms with Crippen molar-refractivity contribution in [1.82, 2.24) is 20.0 Å². The molecular weight excluding hydrogens is 430 g/mol. The fourth-order valence-electron chi connectivity index (χ4n) is 5.12. The fraction of sp³-hybridized carbons (Fsp3) is 0.440. The van der Waals surface area contributed by atoms with Gasteiger partial charge in [0.05, 0.1) is 32.1 Å². The van der Waals surface area contributed by atoms with E-state index < -0.39 is 0 Å². The van der Waals surface area contributed by atoms with Gasteiger partial charge in [0.1, 0.15) is 11.3 Å². The zero-order valence-electron chi connectivity index (χ0n) is 19.7. The molecule has 176 valence electrons. The smallest absolute Gasteiger partial charge is 0.227 e. The first-order chi connectivity index (χ1) is 16.5. The summed E-state index contributed by atoms with van der Waals surface area (Å²) < 4.78 is 11.2. The normalized spacial score (nSPS) is 23.0. The molecule has 0 aliphatic carbocycles. The largest absolute Gasteiger partial charge is 0.495 e. The van der Waals surface area contributed by atoms with Crippen molar-refractivity contribution in [2.75, 3.05) is 50.7 Å². The first-order valence-electron chi connectivity index (χ1n) is 11.7. The number of nitrogens with one attached hydrogen (secondary N) is 1. The van der Waals surface area contributed by atoms with E-state index in [0.717, 1.165) is 66.4 Å². The van der Waals surface area contributed by atoms with Crippen LogP contribution >= 0.6 is 0 Å². The van der Waals surface area contributed by atoms with E-state index in [0.29, 0.717) is 12.0 Å². The molecule has 3 aliphatic rings. The van der Waals surface area contributed by atoms with Gasteiger partial charge in [-0.15, -0.1) is 0 Å². The van der Waals surface area contributed by atoms with Gasteiger partial charge in [-0.2, -0.15) is 5.10 Å². The molecule has 0 radical (unpaired) electrons. The second-order valence-corrected chi connectivity index (χ2v) is 9.62. The minimum atomic E-state index is 0.225. The SMILES string of the molecule is COc1cc(C2C=NN(C)C2C)ccc1Nc1ncc2ccnc(N3CCC4(COC4)C3)c2n1. The molecule has 2 saturated heterocycles. The molecule has 34 heavy (non-hydrogen) atoms. The fourth-order valence-corrected chi connectivity index (χ4v) is 5.12. The molecule has 1 spiro atoms. The van der Waals surface area contributed by atoms with Crippen LogP contribution < -0.4 is 15.0 Å². The number of methoxy groups -OCH3 is 1. The summed E-state index contributed by atoms with van der Waals surface area (Å²) in [5.41, 5.74) is 3.12. The first-order valence-corrected chi connectivity index (χ1v) is 11.7. The van der Waals surface area contributed by atoms with E-state index in [1.165, 1.54) is 0 Å². The van der Waals surface area contributed by atoms with Gasteiger partial charge < -0.3 is 19.7 Å². The number of ether oxygens (including phenoxy) is 2. The summed E-state index contributed by atoms with van der Waals surface area (Å²) in [6.07, 6.45) is 6.81. The number of rotatable bonds is 5. The number of hydrogen-bond acceptors (Lipinski definition) is 9. The van der Waals surface area contributed by atoms with Crippen LogP contribution in [0.4, 0.5) is 17.5 Å². The second-order valence-electron chi connectivity index (χ2n) is 9.62. The van der Waals surface area contributed by atoms with Crippen molar-refractivity contribution in [2.24, 2.45) is 10.5 Å². The third-order valence-electron chi connectivity index (χ3n) is 7.41. The number of likely N-dealkylation sites (N-methyl/N-ethyl adjacent to an activating group) is 1. The molecule has 3 aromatic rings. The highest BCUT2D eigenvalue weighted by Gasteiger charge is 2.45. The van der Waals surface area contributed by atoms with Gasteiger partial charge in [-0.3, -0.25) is 5.01 Å². The molecular formula is C25H29N7O2. The van der Waals surface area contributed by atoms with Gasteiger partial charge in [-0.25, -0.2) is 15.0 Å². The zero-order chi connectivity index (χ0) is 23.3. The Bertz CT molecular complexity index is 1260. The molecule has 9 nitrogen and oxygen atoms in total. The quantitative estimate of drug-likeness (QED) is 0.621. The lowest BCUT2D eigenvalue weighted by Crippen LogP contribution is -2.44. The van der Waals surface area contributed by atoms with Gasteiger partial charge in [-0.05, 0) is 37.1 Å². The topological polar surface area (TPSA) is 88.0 Å². The van der Waals surface area contributed by atoms with Crippen LogP contribution in [0, 0.1) is 5.41 Å². The standard InChI is InChI=1S/C25H29N7O2/c1-16-19(12-28-31(16)2)17-4-5-20(21(10-17)33-3)29-24-27-11-18-6-8-26-23(22(18)30-24)32-9-7-25(13-32)14-34-15-25/h4-6,8,10-12,16,19H,7,9,13-15H2,1-3H3,(H,27,29,30). The molecule has 0 bridgehead atoms. The van der Waals surface area contributed by atoms with Gasteiger partial charge >= 0.3 is 0 Å². The predicted molar refractivity (Wildman–Crippen MR) is 132 cm³/mol. The predicted octanol–water partition coefficient (Wildman–Crippen LogP) is 3.41. The Labute approximate surface area is 198 Å². The van der Waals surface area contributed by atoms with Crippen molar-refractivity contribution in [2.45, 2.75) is 25.3 Å². The summed E-state index contributed by atoms with van der Waals surface area (Å²) in [6, 6.07) is 8.45. The third-order valence-corrected chi connectivity index (χ3v) is 7.41. The van der Waals surface area contributed by atoms with E-state index in [4.69, 9.17) is 14.5 Å². The first kappa shape index (κ1) is 21.1. The Morgan fingerprint density at radius 3 is 2.79 bits per heavy atom. The highest BCUT2D eigenvalue weighted by molar-refractivity contribution is 5.89. The van der Waals surface area contributed by atoms with E-state index in [-0.39, 0.29) is 11.3 Å². The monoisotopic (exact) mass is 459 g/mol. The maximum absolute atomic E-state index is 5.71. The number of aromatic nitrogens is 3. The number of hydrogen-bond donors (Lipinski definition) is 1. The van der Waals surface area contributed by atoms with Crippen LogP contribution in [0.15, 0.2) is 41.8 Å². The molecule has 2 atom stereocenters. The Kier molecular flexibility index (Phi) is 5.02. The van der Waals surface area contributed by atoms with E-state index in [1.807, 2.05) is 42.8 Å². The molecule has 1 N–H and O–H groups in total. The van der Waals surface area contributed by atoms with E-state index in [2.05, 4.69) is 44.3 Å². The van der Waals surface area contributed by atoms with Crippen LogP contribution in [-0.2, 0) is 4.74 Å². The van der Waals surface area contributed by atoms with E-state index in [9.17, 15) is 0 Å². The lowest BCUT2D eigenvalue weighted by atomic mass is 9.85. The average molecular weight is 460 g/mol. The maximum atomic E-state index is 5.71. The van der Waals surface area contributed by atoms with Crippen LogP contribution in [0.2, 0.25) is 0 Å². The molecule has 1 aromatic carbocycles. The van der Waals surface area contributed by atoms with Crippen molar-refractivity contribution in [3.63, 3.8) is 0 Å².